The summed E-state index contributed by atoms with van der Waals surface area (Å²) in [6.45, 7) is 0. The summed E-state index contributed by atoms with van der Waals surface area (Å²) in [4.78, 5) is 22.1. The Hall–Kier alpha value is -0.660. The molecule has 0 aromatic carbocycles. The van der Waals surface area contributed by atoms with Crippen LogP contribution in [-0.4, -0.2) is 12.6 Å². The van der Waals surface area contributed by atoms with E-state index in [9.17, 15) is 9.59 Å². The first-order chi connectivity index (χ1) is 7.83. The number of hydrogen-bond acceptors (Lipinski definition) is 2. The second kappa shape index (κ2) is 2.96. The van der Waals surface area contributed by atoms with Crippen molar-refractivity contribution in [2.75, 3.05) is 0 Å². The van der Waals surface area contributed by atoms with Crippen molar-refractivity contribution in [3.8, 4) is 0 Å². The van der Waals surface area contributed by atoms with Gasteiger partial charge in [0, 0.05) is 11.8 Å². The molecule has 0 N–H and O–H groups in total. The highest BCUT2D eigenvalue weighted by Gasteiger charge is 2.64. The second-order valence-electron chi connectivity index (χ2n) is 6.55. The molecule has 2 nitrogen and oxygen atoms in total. The molecule has 6 unspecified atom stereocenters. The van der Waals surface area contributed by atoms with E-state index in [1.54, 1.807) is 0 Å². The Bertz CT molecular complexity index is 319. The first-order valence-electron chi connectivity index (χ1n) is 6.74. The molecule has 4 aliphatic rings. The van der Waals surface area contributed by atoms with Crippen LogP contribution >= 0.6 is 0 Å². The van der Waals surface area contributed by atoms with Gasteiger partial charge in [-0.05, 0) is 61.2 Å². The number of carbonyl (C=O) groups is 2. The van der Waals surface area contributed by atoms with Gasteiger partial charge in [-0.25, -0.2) is 0 Å². The number of carbonyl (C=O) groups excluding carboxylic acids is 2. The van der Waals surface area contributed by atoms with E-state index in [-0.39, 0.29) is 0 Å². The summed E-state index contributed by atoms with van der Waals surface area (Å²) < 4.78 is 0. The molecule has 0 radical (unpaired) electrons. The largest absolute Gasteiger partial charge is 0.303 e. The molecule has 4 bridgehead atoms. The normalized spacial score (nSPS) is 61.2. The highest BCUT2D eigenvalue weighted by molar-refractivity contribution is 5.58. The van der Waals surface area contributed by atoms with Gasteiger partial charge in [-0.2, -0.15) is 0 Å². The van der Waals surface area contributed by atoms with Crippen molar-refractivity contribution in [2.45, 2.75) is 25.7 Å². The van der Waals surface area contributed by atoms with E-state index in [1.807, 2.05) is 0 Å². The van der Waals surface area contributed by atoms with Crippen molar-refractivity contribution in [2.24, 2.45) is 47.3 Å². The fraction of sp³-hybridized carbons (Fsp3) is 0.857. The highest BCUT2D eigenvalue weighted by Crippen LogP contribution is 2.69. The molecule has 0 aromatic heterocycles. The number of fused-ring (bicyclic) bond motifs is 9. The molecule has 4 saturated carbocycles. The van der Waals surface area contributed by atoms with Crippen LogP contribution in [0.25, 0.3) is 0 Å². The first kappa shape index (κ1) is 9.38. The van der Waals surface area contributed by atoms with Crippen LogP contribution in [0.15, 0.2) is 0 Å². The van der Waals surface area contributed by atoms with Crippen molar-refractivity contribution in [3.05, 3.63) is 0 Å². The van der Waals surface area contributed by atoms with E-state index >= 15 is 0 Å². The molecule has 0 heterocycles. The third-order valence-electron chi connectivity index (χ3n) is 6.27. The average molecular weight is 218 g/mol. The Kier molecular flexibility index (Phi) is 1.74. The minimum absolute atomic E-state index is 0.331. The molecule has 0 aliphatic heterocycles. The standard InChI is InChI=1S/C14H18O2/c15-5-9-1-7-3-11(9)14-12-4-8(13(7)14)2-10(12)6-16/h5-14H,1-4H2. The summed E-state index contributed by atoms with van der Waals surface area (Å²) in [5.74, 6) is 5.23. The fourth-order valence-electron chi connectivity index (χ4n) is 6.02. The summed E-state index contributed by atoms with van der Waals surface area (Å²) >= 11 is 0. The van der Waals surface area contributed by atoms with Crippen molar-refractivity contribution < 1.29 is 9.59 Å². The topological polar surface area (TPSA) is 34.1 Å². The molecule has 6 atom stereocenters. The lowest BCUT2D eigenvalue weighted by molar-refractivity contribution is -0.116. The van der Waals surface area contributed by atoms with Gasteiger partial charge in [0.25, 0.3) is 0 Å². The molecule has 2 heteroatoms. The zero-order valence-corrected chi connectivity index (χ0v) is 9.42. The summed E-state index contributed by atoms with van der Waals surface area (Å²) in [5.41, 5.74) is 0. The van der Waals surface area contributed by atoms with Crippen LogP contribution in [-0.2, 0) is 9.59 Å². The van der Waals surface area contributed by atoms with Gasteiger partial charge in [0.15, 0.2) is 0 Å². The third kappa shape index (κ3) is 0.906. The Labute approximate surface area is 95.8 Å². The number of hydrogen-bond donors (Lipinski definition) is 0. The molecule has 0 saturated heterocycles. The molecule has 4 rings (SSSR count). The minimum Gasteiger partial charge on any atom is -0.303 e. The van der Waals surface area contributed by atoms with Gasteiger partial charge in [-0.3, -0.25) is 0 Å². The van der Waals surface area contributed by atoms with Crippen molar-refractivity contribution in [1.82, 2.24) is 0 Å². The molecule has 86 valence electrons. The van der Waals surface area contributed by atoms with Crippen LogP contribution in [0.5, 0.6) is 0 Å². The van der Waals surface area contributed by atoms with E-state index in [0.717, 1.165) is 36.5 Å². The smallest absolute Gasteiger partial charge is 0.123 e. The molecular formula is C14H18O2. The van der Waals surface area contributed by atoms with Gasteiger partial charge in [0.05, 0.1) is 0 Å². The predicted octanol–water partition coefficient (Wildman–Crippen LogP) is 1.93. The SMILES string of the molecule is O=CC1CC2CC1C1C3CC(CC3C=O)C21. The monoisotopic (exact) mass is 218 g/mol. The maximum absolute atomic E-state index is 11.1. The predicted molar refractivity (Wildman–Crippen MR) is 58.5 cm³/mol. The van der Waals surface area contributed by atoms with Crippen molar-refractivity contribution in [3.63, 3.8) is 0 Å². The van der Waals surface area contributed by atoms with E-state index in [0.29, 0.717) is 23.7 Å². The summed E-state index contributed by atoms with van der Waals surface area (Å²) in [5, 5.41) is 0. The van der Waals surface area contributed by atoms with Crippen LogP contribution in [0.3, 0.4) is 0 Å². The lowest BCUT2D eigenvalue weighted by atomic mass is 9.65. The summed E-state index contributed by atoms with van der Waals surface area (Å²) in [6, 6.07) is 0. The Morgan fingerprint density at radius 3 is 1.62 bits per heavy atom. The summed E-state index contributed by atoms with van der Waals surface area (Å²) in [7, 11) is 0. The Morgan fingerprint density at radius 1 is 0.688 bits per heavy atom. The molecule has 0 amide bonds. The molecule has 0 aromatic rings. The quantitative estimate of drug-likeness (QED) is 0.524. The van der Waals surface area contributed by atoms with Crippen molar-refractivity contribution >= 4 is 12.6 Å². The van der Waals surface area contributed by atoms with Gasteiger partial charge in [-0.15, -0.1) is 0 Å². The lowest BCUT2D eigenvalue weighted by Gasteiger charge is -2.39. The van der Waals surface area contributed by atoms with E-state index < -0.39 is 0 Å². The zero-order valence-electron chi connectivity index (χ0n) is 9.42. The summed E-state index contributed by atoms with van der Waals surface area (Å²) in [6.07, 6.45) is 7.29. The van der Waals surface area contributed by atoms with Crippen LogP contribution in [0.1, 0.15) is 25.7 Å². The van der Waals surface area contributed by atoms with Crippen molar-refractivity contribution in [1.29, 1.82) is 0 Å². The number of rotatable bonds is 2. The third-order valence-corrected chi connectivity index (χ3v) is 6.27. The molecular weight excluding hydrogens is 200 g/mol. The van der Waals surface area contributed by atoms with Crippen LogP contribution in [0.2, 0.25) is 0 Å². The lowest BCUT2D eigenvalue weighted by Crippen LogP contribution is -2.36. The zero-order chi connectivity index (χ0) is 10.9. The van der Waals surface area contributed by atoms with Gasteiger partial charge in [0.2, 0.25) is 0 Å². The first-order valence-corrected chi connectivity index (χ1v) is 6.74. The molecule has 4 fully saturated rings. The Morgan fingerprint density at radius 2 is 1.19 bits per heavy atom. The van der Waals surface area contributed by atoms with Gasteiger partial charge < -0.3 is 9.59 Å². The Balaban J connectivity index is 1.68. The highest BCUT2D eigenvalue weighted by atomic mass is 16.1. The second-order valence-corrected chi connectivity index (χ2v) is 6.55. The number of aldehydes is 2. The van der Waals surface area contributed by atoms with Crippen LogP contribution in [0.4, 0.5) is 0 Å². The maximum Gasteiger partial charge on any atom is 0.123 e. The van der Waals surface area contributed by atoms with Crippen LogP contribution in [0, 0.1) is 47.3 Å². The van der Waals surface area contributed by atoms with E-state index in [4.69, 9.17) is 0 Å². The minimum atomic E-state index is 0.331. The molecule has 4 aliphatic carbocycles. The van der Waals surface area contributed by atoms with Crippen LogP contribution < -0.4 is 0 Å². The fourth-order valence-corrected chi connectivity index (χ4v) is 6.02. The van der Waals surface area contributed by atoms with Gasteiger partial charge in [0.1, 0.15) is 12.6 Å². The molecule has 0 spiro atoms. The average Bonchev–Trinajstić information content (AvgIpc) is 3.03. The van der Waals surface area contributed by atoms with E-state index in [2.05, 4.69) is 0 Å². The molecule has 16 heavy (non-hydrogen) atoms. The van der Waals surface area contributed by atoms with Gasteiger partial charge in [-0.1, -0.05) is 0 Å². The maximum atomic E-state index is 11.1. The van der Waals surface area contributed by atoms with E-state index in [1.165, 1.54) is 25.4 Å². The van der Waals surface area contributed by atoms with Gasteiger partial charge >= 0.3 is 0 Å².